The molecular weight excluding hydrogens is 215 g/mol. The predicted octanol–water partition coefficient (Wildman–Crippen LogP) is 3.64. The minimum Gasteiger partial charge on any atom is -0.388 e. The number of anilines is 3. The van der Waals surface area contributed by atoms with E-state index in [1.54, 1.807) is 12.1 Å². The van der Waals surface area contributed by atoms with E-state index in [1.165, 1.54) is 6.07 Å². The van der Waals surface area contributed by atoms with E-state index in [1.807, 2.05) is 49.3 Å². The number of para-hydroxylation sites is 1. The average molecular weight is 230 g/mol. The Labute approximate surface area is 101 Å². The number of nitrogens with zero attached hydrogens (tertiary/aromatic N) is 1. The van der Waals surface area contributed by atoms with E-state index in [0.717, 1.165) is 11.4 Å². The molecule has 0 aliphatic rings. The summed E-state index contributed by atoms with van der Waals surface area (Å²) in [6.07, 6.45) is 0. The van der Waals surface area contributed by atoms with Crippen molar-refractivity contribution >= 4 is 17.1 Å². The maximum absolute atomic E-state index is 13.7. The number of hydrogen-bond acceptors (Lipinski definition) is 2. The highest BCUT2D eigenvalue weighted by Crippen LogP contribution is 2.27. The molecule has 2 nitrogen and oxygen atoms in total. The molecule has 17 heavy (non-hydrogen) atoms. The van der Waals surface area contributed by atoms with Gasteiger partial charge in [-0.25, -0.2) is 4.39 Å². The first-order valence-corrected chi connectivity index (χ1v) is 5.48. The first-order chi connectivity index (χ1) is 8.22. The Balaban J connectivity index is 2.37. The molecule has 0 fully saturated rings. The van der Waals surface area contributed by atoms with E-state index in [9.17, 15) is 4.39 Å². The number of benzene rings is 2. The zero-order valence-electron chi connectivity index (χ0n) is 9.94. The SMILES string of the molecule is CNc1cccc(N(C)c2ccccc2F)c1. The Bertz CT molecular complexity index is 511. The number of hydrogen-bond donors (Lipinski definition) is 1. The van der Waals surface area contributed by atoms with Crippen molar-refractivity contribution in [2.75, 3.05) is 24.3 Å². The van der Waals surface area contributed by atoms with Crippen LogP contribution in [0.4, 0.5) is 21.5 Å². The molecule has 0 aromatic heterocycles. The van der Waals surface area contributed by atoms with Gasteiger partial charge in [0.15, 0.2) is 0 Å². The lowest BCUT2D eigenvalue weighted by molar-refractivity contribution is 0.627. The molecule has 0 bridgehead atoms. The third-order valence-electron chi connectivity index (χ3n) is 2.74. The number of halogens is 1. The highest BCUT2D eigenvalue weighted by atomic mass is 19.1. The summed E-state index contributed by atoms with van der Waals surface area (Å²) in [4.78, 5) is 1.83. The van der Waals surface area contributed by atoms with Gasteiger partial charge >= 0.3 is 0 Å². The van der Waals surface area contributed by atoms with Crippen molar-refractivity contribution in [1.29, 1.82) is 0 Å². The molecule has 0 unspecified atom stereocenters. The Morgan fingerprint density at radius 1 is 1.06 bits per heavy atom. The van der Waals surface area contributed by atoms with E-state index < -0.39 is 0 Å². The van der Waals surface area contributed by atoms with Gasteiger partial charge in [-0.1, -0.05) is 18.2 Å². The van der Waals surface area contributed by atoms with Crippen molar-refractivity contribution < 1.29 is 4.39 Å². The minimum atomic E-state index is -0.218. The van der Waals surface area contributed by atoms with Gasteiger partial charge in [0.05, 0.1) is 5.69 Å². The fraction of sp³-hybridized carbons (Fsp3) is 0.143. The van der Waals surface area contributed by atoms with Crippen molar-refractivity contribution in [2.24, 2.45) is 0 Å². The van der Waals surface area contributed by atoms with Crippen LogP contribution in [0.1, 0.15) is 0 Å². The monoisotopic (exact) mass is 230 g/mol. The maximum Gasteiger partial charge on any atom is 0.146 e. The molecule has 0 atom stereocenters. The van der Waals surface area contributed by atoms with Crippen LogP contribution in [0.15, 0.2) is 48.5 Å². The van der Waals surface area contributed by atoms with Crippen molar-refractivity contribution in [2.45, 2.75) is 0 Å². The molecule has 2 aromatic carbocycles. The first kappa shape index (κ1) is 11.5. The molecule has 1 N–H and O–H groups in total. The zero-order chi connectivity index (χ0) is 12.3. The van der Waals surface area contributed by atoms with Crippen LogP contribution in [0.5, 0.6) is 0 Å². The normalized spacial score (nSPS) is 10.1. The minimum absolute atomic E-state index is 0.218. The van der Waals surface area contributed by atoms with Crippen LogP contribution >= 0.6 is 0 Å². The number of nitrogens with one attached hydrogen (secondary N) is 1. The Morgan fingerprint density at radius 3 is 2.53 bits per heavy atom. The summed E-state index contributed by atoms with van der Waals surface area (Å²) in [7, 11) is 3.72. The summed E-state index contributed by atoms with van der Waals surface area (Å²) >= 11 is 0. The molecule has 0 spiro atoms. The summed E-state index contributed by atoms with van der Waals surface area (Å²) in [6, 6.07) is 14.6. The first-order valence-electron chi connectivity index (χ1n) is 5.48. The summed E-state index contributed by atoms with van der Waals surface area (Å²) in [5.74, 6) is -0.218. The van der Waals surface area contributed by atoms with Crippen LogP contribution in [0.25, 0.3) is 0 Å². The van der Waals surface area contributed by atoms with Gasteiger partial charge in [0.2, 0.25) is 0 Å². The summed E-state index contributed by atoms with van der Waals surface area (Å²) in [6.45, 7) is 0. The van der Waals surface area contributed by atoms with Gasteiger partial charge in [-0.3, -0.25) is 0 Å². The molecule has 3 heteroatoms. The van der Waals surface area contributed by atoms with Crippen molar-refractivity contribution in [3.63, 3.8) is 0 Å². The average Bonchev–Trinajstić information content (AvgIpc) is 2.38. The van der Waals surface area contributed by atoms with Crippen LogP contribution in [0, 0.1) is 5.82 Å². The summed E-state index contributed by atoms with van der Waals surface area (Å²) in [5, 5.41) is 3.07. The van der Waals surface area contributed by atoms with Crippen LogP contribution in [0.2, 0.25) is 0 Å². The second-order valence-electron chi connectivity index (χ2n) is 3.81. The Kier molecular flexibility index (Phi) is 3.28. The zero-order valence-corrected chi connectivity index (χ0v) is 9.94. The maximum atomic E-state index is 13.7. The molecule has 0 aliphatic carbocycles. The van der Waals surface area contributed by atoms with E-state index in [0.29, 0.717) is 5.69 Å². The van der Waals surface area contributed by atoms with E-state index >= 15 is 0 Å². The topological polar surface area (TPSA) is 15.3 Å². The lowest BCUT2D eigenvalue weighted by Gasteiger charge is -2.20. The van der Waals surface area contributed by atoms with E-state index in [-0.39, 0.29) is 5.82 Å². The quantitative estimate of drug-likeness (QED) is 0.866. The van der Waals surface area contributed by atoms with Gasteiger partial charge in [-0.15, -0.1) is 0 Å². The molecule has 0 radical (unpaired) electrons. The van der Waals surface area contributed by atoms with Crippen LogP contribution in [-0.4, -0.2) is 14.1 Å². The summed E-state index contributed by atoms with van der Waals surface area (Å²) in [5.41, 5.74) is 2.52. The molecular formula is C14H15FN2. The van der Waals surface area contributed by atoms with Crippen molar-refractivity contribution in [3.05, 3.63) is 54.3 Å². The van der Waals surface area contributed by atoms with Crippen LogP contribution in [-0.2, 0) is 0 Å². The summed E-state index contributed by atoms with van der Waals surface area (Å²) < 4.78 is 13.7. The van der Waals surface area contributed by atoms with Crippen molar-refractivity contribution in [1.82, 2.24) is 0 Å². The second kappa shape index (κ2) is 4.87. The Morgan fingerprint density at radius 2 is 1.82 bits per heavy atom. The lowest BCUT2D eigenvalue weighted by atomic mass is 10.2. The van der Waals surface area contributed by atoms with Gasteiger partial charge in [-0.05, 0) is 30.3 Å². The molecule has 0 saturated carbocycles. The van der Waals surface area contributed by atoms with Gasteiger partial charge in [0.25, 0.3) is 0 Å². The molecule has 2 aromatic rings. The Hall–Kier alpha value is -2.03. The van der Waals surface area contributed by atoms with Gasteiger partial charge in [0.1, 0.15) is 5.82 Å². The van der Waals surface area contributed by atoms with Gasteiger partial charge in [0, 0.05) is 25.5 Å². The number of rotatable bonds is 3. The van der Waals surface area contributed by atoms with E-state index in [4.69, 9.17) is 0 Å². The second-order valence-corrected chi connectivity index (χ2v) is 3.81. The van der Waals surface area contributed by atoms with E-state index in [2.05, 4.69) is 5.32 Å². The molecule has 0 saturated heterocycles. The van der Waals surface area contributed by atoms with Crippen LogP contribution in [0.3, 0.4) is 0 Å². The standard InChI is InChI=1S/C14H15FN2/c1-16-11-6-5-7-12(10-11)17(2)14-9-4-3-8-13(14)15/h3-10,16H,1-2H3. The smallest absolute Gasteiger partial charge is 0.146 e. The fourth-order valence-corrected chi connectivity index (χ4v) is 1.73. The third-order valence-corrected chi connectivity index (χ3v) is 2.74. The third kappa shape index (κ3) is 2.38. The highest BCUT2D eigenvalue weighted by molar-refractivity contribution is 5.66. The highest BCUT2D eigenvalue weighted by Gasteiger charge is 2.08. The van der Waals surface area contributed by atoms with Crippen molar-refractivity contribution in [3.8, 4) is 0 Å². The van der Waals surface area contributed by atoms with Crippen LogP contribution < -0.4 is 10.2 Å². The molecule has 0 aliphatic heterocycles. The lowest BCUT2D eigenvalue weighted by Crippen LogP contribution is -2.11. The van der Waals surface area contributed by atoms with Gasteiger partial charge in [-0.2, -0.15) is 0 Å². The largest absolute Gasteiger partial charge is 0.388 e. The molecule has 88 valence electrons. The molecule has 0 amide bonds. The molecule has 2 rings (SSSR count). The molecule has 0 heterocycles. The predicted molar refractivity (Wildman–Crippen MR) is 70.5 cm³/mol. The fourth-order valence-electron chi connectivity index (χ4n) is 1.73. The van der Waals surface area contributed by atoms with Gasteiger partial charge < -0.3 is 10.2 Å².